The van der Waals surface area contributed by atoms with Gasteiger partial charge in [0.1, 0.15) is 12.2 Å². The number of hydrogen-bond acceptors (Lipinski definition) is 4. The van der Waals surface area contributed by atoms with E-state index in [1.54, 1.807) is 9.80 Å². The fourth-order valence-electron chi connectivity index (χ4n) is 3.30. The molecule has 3 rings (SSSR count). The van der Waals surface area contributed by atoms with Gasteiger partial charge in [-0.05, 0) is 32.8 Å². The van der Waals surface area contributed by atoms with E-state index in [0.717, 1.165) is 12.0 Å². The highest BCUT2D eigenvalue weighted by atomic mass is 16.6. The lowest BCUT2D eigenvalue weighted by molar-refractivity contribution is -0.0477. The smallest absolute Gasteiger partial charge is 0.410 e. The van der Waals surface area contributed by atoms with Crippen LogP contribution in [0.1, 0.15) is 32.8 Å². The molecule has 2 aliphatic heterocycles. The van der Waals surface area contributed by atoms with Gasteiger partial charge in [-0.15, -0.1) is 0 Å². The SMILES string of the molecule is CC(C)(C)OC(=O)N1CC[C@@H]2CN(C(=O)OCc3ccccc3)[C@H]2C1. The molecule has 2 heterocycles. The van der Waals surface area contributed by atoms with Crippen molar-refractivity contribution >= 4 is 12.2 Å². The van der Waals surface area contributed by atoms with Crippen molar-refractivity contribution in [3.63, 3.8) is 0 Å². The first-order valence-electron chi connectivity index (χ1n) is 8.79. The van der Waals surface area contributed by atoms with Crippen LogP contribution in [0, 0.1) is 5.92 Å². The topological polar surface area (TPSA) is 59.1 Å². The summed E-state index contributed by atoms with van der Waals surface area (Å²) in [5, 5.41) is 0. The number of likely N-dealkylation sites (tertiary alicyclic amines) is 2. The number of benzene rings is 1. The summed E-state index contributed by atoms with van der Waals surface area (Å²) in [6.07, 6.45) is 0.276. The maximum atomic E-state index is 12.3. The molecular weight excluding hydrogens is 320 g/mol. The van der Waals surface area contributed by atoms with Gasteiger partial charge in [-0.25, -0.2) is 9.59 Å². The molecule has 2 amide bonds. The largest absolute Gasteiger partial charge is 0.445 e. The van der Waals surface area contributed by atoms with Crippen molar-refractivity contribution in [3.05, 3.63) is 35.9 Å². The third-order valence-corrected chi connectivity index (χ3v) is 4.64. The summed E-state index contributed by atoms with van der Waals surface area (Å²) in [7, 11) is 0. The quantitative estimate of drug-likeness (QED) is 0.825. The molecule has 136 valence electrons. The van der Waals surface area contributed by atoms with E-state index in [9.17, 15) is 9.59 Å². The highest BCUT2D eigenvalue weighted by Gasteiger charge is 2.47. The van der Waals surface area contributed by atoms with Gasteiger partial charge in [0.25, 0.3) is 0 Å². The van der Waals surface area contributed by atoms with E-state index in [1.807, 2.05) is 51.1 Å². The average molecular weight is 346 g/mol. The lowest BCUT2D eigenvalue weighted by Crippen LogP contribution is -2.66. The van der Waals surface area contributed by atoms with Crippen LogP contribution in [0.15, 0.2) is 30.3 Å². The first kappa shape index (κ1) is 17.6. The molecule has 0 saturated carbocycles. The molecule has 2 aliphatic rings. The molecule has 0 N–H and O–H groups in total. The number of amides is 2. The number of nitrogens with zero attached hydrogens (tertiary/aromatic N) is 2. The van der Waals surface area contributed by atoms with Gasteiger partial charge in [-0.3, -0.25) is 0 Å². The van der Waals surface area contributed by atoms with Gasteiger partial charge in [-0.1, -0.05) is 30.3 Å². The Morgan fingerprint density at radius 3 is 2.52 bits per heavy atom. The van der Waals surface area contributed by atoms with Crippen molar-refractivity contribution in [2.24, 2.45) is 5.92 Å². The molecule has 1 aromatic carbocycles. The molecule has 2 fully saturated rings. The molecule has 1 aromatic rings. The van der Waals surface area contributed by atoms with Crippen LogP contribution in [-0.4, -0.2) is 53.3 Å². The van der Waals surface area contributed by atoms with Crippen LogP contribution in [0.4, 0.5) is 9.59 Å². The van der Waals surface area contributed by atoms with Gasteiger partial charge in [0.15, 0.2) is 0 Å². The Labute approximate surface area is 148 Å². The summed E-state index contributed by atoms with van der Waals surface area (Å²) < 4.78 is 10.8. The molecule has 6 nitrogen and oxygen atoms in total. The highest BCUT2D eigenvalue weighted by molar-refractivity contribution is 5.71. The summed E-state index contributed by atoms with van der Waals surface area (Å²) in [5.74, 6) is 0.447. The van der Waals surface area contributed by atoms with Gasteiger partial charge in [-0.2, -0.15) is 0 Å². The average Bonchev–Trinajstić information content (AvgIpc) is 2.53. The second-order valence-corrected chi connectivity index (χ2v) is 7.74. The van der Waals surface area contributed by atoms with Crippen LogP contribution in [-0.2, 0) is 16.1 Å². The minimum absolute atomic E-state index is 0.0320. The van der Waals surface area contributed by atoms with Crippen LogP contribution in [0.5, 0.6) is 0 Å². The second-order valence-electron chi connectivity index (χ2n) is 7.74. The van der Waals surface area contributed by atoms with Crippen molar-refractivity contribution in [1.29, 1.82) is 0 Å². The third kappa shape index (κ3) is 4.24. The zero-order valence-corrected chi connectivity index (χ0v) is 15.1. The molecular formula is C19H26N2O4. The summed E-state index contributed by atoms with van der Waals surface area (Å²) >= 11 is 0. The monoisotopic (exact) mass is 346 g/mol. The van der Waals surface area contributed by atoms with Crippen molar-refractivity contribution in [2.45, 2.75) is 45.4 Å². The Balaban J connectivity index is 1.52. The van der Waals surface area contributed by atoms with Crippen LogP contribution in [0.3, 0.4) is 0 Å². The Hall–Kier alpha value is -2.24. The van der Waals surface area contributed by atoms with Gasteiger partial charge < -0.3 is 19.3 Å². The molecule has 0 bridgehead atoms. The fourth-order valence-corrected chi connectivity index (χ4v) is 3.30. The predicted molar refractivity (Wildman–Crippen MR) is 93.0 cm³/mol. The van der Waals surface area contributed by atoms with Crippen molar-refractivity contribution in [1.82, 2.24) is 9.80 Å². The van der Waals surface area contributed by atoms with E-state index in [2.05, 4.69) is 0 Å². The molecule has 2 saturated heterocycles. The number of hydrogen-bond donors (Lipinski definition) is 0. The molecule has 25 heavy (non-hydrogen) atoms. The molecule has 0 unspecified atom stereocenters. The van der Waals surface area contributed by atoms with Crippen LogP contribution in [0.25, 0.3) is 0 Å². The molecule has 0 radical (unpaired) electrons. The van der Waals surface area contributed by atoms with Crippen molar-refractivity contribution in [3.8, 4) is 0 Å². The van der Waals surface area contributed by atoms with E-state index in [0.29, 0.717) is 25.6 Å². The zero-order chi connectivity index (χ0) is 18.0. The zero-order valence-electron chi connectivity index (χ0n) is 15.1. The van der Waals surface area contributed by atoms with E-state index < -0.39 is 5.60 Å². The Morgan fingerprint density at radius 2 is 1.84 bits per heavy atom. The van der Waals surface area contributed by atoms with Gasteiger partial charge in [0.05, 0.1) is 6.04 Å². The summed E-state index contributed by atoms with van der Waals surface area (Å²) in [6.45, 7) is 7.74. The predicted octanol–water partition coefficient (Wildman–Crippen LogP) is 3.26. The molecule has 6 heteroatoms. The van der Waals surface area contributed by atoms with E-state index >= 15 is 0 Å². The first-order valence-corrected chi connectivity index (χ1v) is 8.79. The second kappa shape index (κ2) is 6.94. The van der Waals surface area contributed by atoms with Crippen LogP contribution in [0.2, 0.25) is 0 Å². The lowest BCUT2D eigenvalue weighted by Gasteiger charge is -2.52. The third-order valence-electron chi connectivity index (χ3n) is 4.64. The summed E-state index contributed by atoms with van der Waals surface area (Å²) in [4.78, 5) is 28.0. The van der Waals surface area contributed by atoms with E-state index in [4.69, 9.17) is 9.47 Å². The molecule has 0 spiro atoms. The van der Waals surface area contributed by atoms with Gasteiger partial charge in [0.2, 0.25) is 0 Å². The highest BCUT2D eigenvalue weighted by Crippen LogP contribution is 2.33. The number of carbonyl (C=O) groups excluding carboxylic acids is 2. The standard InChI is InChI=1S/C19H26N2O4/c1-19(2,3)25-17(22)20-10-9-15-11-21(16(15)12-20)18(23)24-13-14-7-5-4-6-8-14/h4-8,15-16H,9-13H2,1-3H3/t15-,16+/m1/s1. The molecule has 0 aliphatic carbocycles. The number of fused-ring (bicyclic) bond motifs is 1. The number of piperidine rings is 1. The van der Waals surface area contributed by atoms with E-state index in [-0.39, 0.29) is 24.8 Å². The summed E-state index contributed by atoms with van der Waals surface area (Å²) in [5.41, 5.74) is 0.453. The molecule has 0 aromatic heterocycles. The minimum Gasteiger partial charge on any atom is -0.445 e. The lowest BCUT2D eigenvalue weighted by atomic mass is 9.83. The number of ether oxygens (including phenoxy) is 2. The normalized spacial score (nSPS) is 22.7. The number of carbonyl (C=O) groups is 2. The Kier molecular flexibility index (Phi) is 4.88. The first-order chi connectivity index (χ1) is 11.8. The van der Waals surface area contributed by atoms with Crippen LogP contribution >= 0.6 is 0 Å². The van der Waals surface area contributed by atoms with Crippen molar-refractivity contribution in [2.75, 3.05) is 19.6 Å². The van der Waals surface area contributed by atoms with Crippen molar-refractivity contribution < 1.29 is 19.1 Å². The van der Waals surface area contributed by atoms with Gasteiger partial charge >= 0.3 is 12.2 Å². The molecule has 2 atom stereocenters. The Bertz CT molecular complexity index is 626. The maximum absolute atomic E-state index is 12.3. The van der Waals surface area contributed by atoms with E-state index in [1.165, 1.54) is 0 Å². The summed E-state index contributed by atoms with van der Waals surface area (Å²) in [6, 6.07) is 9.66. The number of rotatable bonds is 2. The Morgan fingerprint density at radius 1 is 1.12 bits per heavy atom. The van der Waals surface area contributed by atoms with Gasteiger partial charge in [0, 0.05) is 25.6 Å². The maximum Gasteiger partial charge on any atom is 0.410 e. The van der Waals surface area contributed by atoms with Crippen LogP contribution < -0.4 is 0 Å². The minimum atomic E-state index is -0.512. The fraction of sp³-hybridized carbons (Fsp3) is 0.579.